The van der Waals surface area contributed by atoms with E-state index in [0.29, 0.717) is 25.4 Å². The van der Waals surface area contributed by atoms with E-state index in [2.05, 4.69) is 23.8 Å². The van der Waals surface area contributed by atoms with Gasteiger partial charge < -0.3 is 15.6 Å². The highest BCUT2D eigenvalue weighted by molar-refractivity contribution is 5.30. The van der Waals surface area contributed by atoms with Crippen molar-refractivity contribution in [1.82, 2.24) is 14.7 Å². The predicted molar refractivity (Wildman–Crippen MR) is 69.1 cm³/mol. The summed E-state index contributed by atoms with van der Waals surface area (Å²) in [6.07, 6.45) is 2.87. The average Bonchev–Trinajstić information content (AvgIpc) is 2.62. The lowest BCUT2D eigenvalue weighted by Crippen LogP contribution is -2.50. The molecule has 6 nitrogen and oxygen atoms in total. The summed E-state index contributed by atoms with van der Waals surface area (Å²) in [6.45, 7) is 7.66. The molecule has 0 bridgehead atoms. The van der Waals surface area contributed by atoms with Crippen molar-refractivity contribution < 1.29 is 9.84 Å². The van der Waals surface area contributed by atoms with E-state index < -0.39 is 6.10 Å². The zero-order valence-corrected chi connectivity index (χ0v) is 11.0. The fourth-order valence-corrected chi connectivity index (χ4v) is 2.32. The number of β-amino-alcohol motifs (C(OH)–C–C–N with tert-alkyl or cyclic N) is 1. The Morgan fingerprint density at radius 3 is 2.94 bits per heavy atom. The normalized spacial score (nSPS) is 21.9. The fourth-order valence-electron chi connectivity index (χ4n) is 2.32. The number of hydrogen-bond donors (Lipinski definition) is 2. The van der Waals surface area contributed by atoms with Crippen molar-refractivity contribution in [2.24, 2.45) is 0 Å². The summed E-state index contributed by atoms with van der Waals surface area (Å²) in [5, 5.41) is 14.1. The van der Waals surface area contributed by atoms with Gasteiger partial charge >= 0.3 is 0 Å². The van der Waals surface area contributed by atoms with Crippen LogP contribution in [0.3, 0.4) is 0 Å². The van der Waals surface area contributed by atoms with Crippen molar-refractivity contribution >= 4 is 5.69 Å². The third kappa shape index (κ3) is 3.69. The smallest absolute Gasteiger partial charge is 0.0862 e. The first kappa shape index (κ1) is 13.3. The fraction of sp³-hybridized carbons (Fsp3) is 0.750. The minimum Gasteiger partial charge on any atom is -0.396 e. The van der Waals surface area contributed by atoms with Crippen LogP contribution in [0.25, 0.3) is 0 Å². The number of nitrogens with two attached hydrogens (primary N) is 1. The van der Waals surface area contributed by atoms with Gasteiger partial charge in [-0.2, -0.15) is 5.10 Å². The van der Waals surface area contributed by atoms with Gasteiger partial charge in [0, 0.05) is 25.8 Å². The number of rotatable bonds is 4. The van der Waals surface area contributed by atoms with E-state index >= 15 is 0 Å². The van der Waals surface area contributed by atoms with E-state index in [9.17, 15) is 5.11 Å². The van der Waals surface area contributed by atoms with Gasteiger partial charge in [0.15, 0.2) is 0 Å². The second kappa shape index (κ2) is 5.26. The summed E-state index contributed by atoms with van der Waals surface area (Å²) < 4.78 is 7.31. The second-order valence-corrected chi connectivity index (χ2v) is 5.49. The number of aromatic nitrogens is 2. The predicted octanol–water partition coefficient (Wildman–Crippen LogP) is -0.0630. The Morgan fingerprint density at radius 1 is 1.56 bits per heavy atom. The molecule has 6 heteroatoms. The van der Waals surface area contributed by atoms with Crippen LogP contribution < -0.4 is 5.73 Å². The van der Waals surface area contributed by atoms with Crippen LogP contribution in [0.5, 0.6) is 0 Å². The highest BCUT2D eigenvalue weighted by atomic mass is 16.5. The van der Waals surface area contributed by atoms with Crippen LogP contribution in [-0.4, -0.2) is 57.7 Å². The Labute approximate surface area is 107 Å². The van der Waals surface area contributed by atoms with Gasteiger partial charge in [0.2, 0.25) is 0 Å². The summed E-state index contributed by atoms with van der Waals surface area (Å²) in [5.74, 6) is 0. The van der Waals surface area contributed by atoms with Gasteiger partial charge in [-0.15, -0.1) is 0 Å². The Bertz CT molecular complexity index is 391. The largest absolute Gasteiger partial charge is 0.396 e. The first-order chi connectivity index (χ1) is 8.44. The molecule has 0 spiro atoms. The van der Waals surface area contributed by atoms with Gasteiger partial charge in [0.05, 0.1) is 36.7 Å². The van der Waals surface area contributed by atoms with E-state index in [1.807, 2.05) is 0 Å². The third-order valence-electron chi connectivity index (χ3n) is 3.02. The minimum absolute atomic E-state index is 0.131. The summed E-state index contributed by atoms with van der Waals surface area (Å²) in [6, 6.07) is 0. The lowest BCUT2D eigenvalue weighted by Gasteiger charge is -2.38. The monoisotopic (exact) mass is 254 g/mol. The SMILES string of the molecule is CC1(C)CN(CC(O)Cn2cc(N)cn2)CCO1. The van der Waals surface area contributed by atoms with Crippen molar-refractivity contribution in [2.45, 2.75) is 32.1 Å². The lowest BCUT2D eigenvalue weighted by molar-refractivity contribution is -0.0938. The molecule has 2 rings (SSSR count). The molecule has 0 aliphatic carbocycles. The van der Waals surface area contributed by atoms with Crippen LogP contribution in [0.2, 0.25) is 0 Å². The Morgan fingerprint density at radius 2 is 2.33 bits per heavy atom. The molecule has 1 aliphatic rings. The Hall–Kier alpha value is -1.11. The summed E-state index contributed by atoms with van der Waals surface area (Å²) in [5.41, 5.74) is 6.07. The van der Waals surface area contributed by atoms with Crippen LogP contribution in [0, 0.1) is 0 Å². The Kier molecular flexibility index (Phi) is 3.89. The molecular formula is C12H22N4O2. The first-order valence-electron chi connectivity index (χ1n) is 6.27. The number of morpholine rings is 1. The van der Waals surface area contributed by atoms with E-state index in [0.717, 1.165) is 13.1 Å². The highest BCUT2D eigenvalue weighted by Crippen LogP contribution is 2.16. The van der Waals surface area contributed by atoms with Crippen molar-refractivity contribution in [3.05, 3.63) is 12.4 Å². The number of aliphatic hydroxyl groups is 1. The molecule has 0 saturated carbocycles. The van der Waals surface area contributed by atoms with E-state index in [4.69, 9.17) is 10.5 Å². The number of nitrogens with zero attached hydrogens (tertiary/aromatic N) is 3. The number of aliphatic hydroxyl groups excluding tert-OH is 1. The topological polar surface area (TPSA) is 76.5 Å². The van der Waals surface area contributed by atoms with Gasteiger partial charge in [0.25, 0.3) is 0 Å². The molecule has 2 heterocycles. The van der Waals surface area contributed by atoms with Gasteiger partial charge in [-0.05, 0) is 13.8 Å². The zero-order chi connectivity index (χ0) is 13.2. The van der Waals surface area contributed by atoms with Crippen LogP contribution in [-0.2, 0) is 11.3 Å². The third-order valence-corrected chi connectivity index (χ3v) is 3.02. The molecule has 1 unspecified atom stereocenters. The standard InChI is InChI=1S/C12H22N4O2/c1-12(2)9-15(3-4-18-12)7-11(17)8-16-6-10(13)5-14-16/h5-6,11,17H,3-4,7-9,13H2,1-2H3. The molecule has 1 fully saturated rings. The van der Waals surface area contributed by atoms with Crippen LogP contribution in [0.15, 0.2) is 12.4 Å². The molecule has 0 radical (unpaired) electrons. The molecule has 0 aromatic carbocycles. The maximum atomic E-state index is 10.1. The van der Waals surface area contributed by atoms with E-state index in [1.165, 1.54) is 0 Å². The number of nitrogen functional groups attached to an aromatic ring is 1. The molecule has 1 atom stereocenters. The average molecular weight is 254 g/mol. The maximum absolute atomic E-state index is 10.1. The summed E-state index contributed by atoms with van der Waals surface area (Å²) >= 11 is 0. The van der Waals surface area contributed by atoms with Crippen LogP contribution in [0.4, 0.5) is 5.69 Å². The van der Waals surface area contributed by atoms with Crippen LogP contribution >= 0.6 is 0 Å². The van der Waals surface area contributed by atoms with Crippen molar-refractivity contribution in [3.63, 3.8) is 0 Å². The summed E-state index contributed by atoms with van der Waals surface area (Å²) in [4.78, 5) is 2.22. The van der Waals surface area contributed by atoms with Crippen molar-refractivity contribution in [1.29, 1.82) is 0 Å². The van der Waals surface area contributed by atoms with Gasteiger partial charge in [-0.25, -0.2) is 0 Å². The molecule has 1 aromatic rings. The molecule has 3 N–H and O–H groups in total. The number of anilines is 1. The minimum atomic E-state index is -0.446. The molecule has 1 aromatic heterocycles. The number of ether oxygens (including phenoxy) is 1. The molecular weight excluding hydrogens is 232 g/mol. The number of hydrogen-bond acceptors (Lipinski definition) is 5. The van der Waals surface area contributed by atoms with E-state index in [-0.39, 0.29) is 5.60 Å². The molecule has 18 heavy (non-hydrogen) atoms. The van der Waals surface area contributed by atoms with Crippen molar-refractivity contribution in [3.8, 4) is 0 Å². The van der Waals surface area contributed by atoms with Crippen molar-refractivity contribution in [2.75, 3.05) is 32.0 Å². The maximum Gasteiger partial charge on any atom is 0.0862 e. The molecule has 1 aliphatic heterocycles. The van der Waals surface area contributed by atoms with Gasteiger partial charge in [-0.1, -0.05) is 0 Å². The molecule has 102 valence electrons. The summed E-state index contributed by atoms with van der Waals surface area (Å²) in [7, 11) is 0. The lowest BCUT2D eigenvalue weighted by atomic mass is 10.1. The van der Waals surface area contributed by atoms with Gasteiger partial charge in [0.1, 0.15) is 0 Å². The molecule has 0 amide bonds. The first-order valence-corrected chi connectivity index (χ1v) is 6.27. The second-order valence-electron chi connectivity index (χ2n) is 5.49. The molecule has 1 saturated heterocycles. The highest BCUT2D eigenvalue weighted by Gasteiger charge is 2.28. The van der Waals surface area contributed by atoms with E-state index in [1.54, 1.807) is 17.1 Å². The van der Waals surface area contributed by atoms with Crippen LogP contribution in [0.1, 0.15) is 13.8 Å². The zero-order valence-electron chi connectivity index (χ0n) is 11.0. The Balaban J connectivity index is 1.82. The quantitative estimate of drug-likeness (QED) is 0.787. The van der Waals surface area contributed by atoms with Gasteiger partial charge in [-0.3, -0.25) is 9.58 Å².